The predicted molar refractivity (Wildman–Crippen MR) is 112 cm³/mol. The van der Waals surface area contributed by atoms with Gasteiger partial charge in [-0.15, -0.1) is 0 Å². The quantitative estimate of drug-likeness (QED) is 0.378. The summed E-state index contributed by atoms with van der Waals surface area (Å²) in [6, 6.07) is 10.9. The Morgan fingerprint density at radius 2 is 1.74 bits per heavy atom. The van der Waals surface area contributed by atoms with E-state index in [4.69, 9.17) is 0 Å². The maximum absolute atomic E-state index is 14.7. The molecule has 1 aromatic heterocycles. The Balaban J connectivity index is 1.75. The monoisotopic (exact) mass is 426 g/mol. The minimum atomic E-state index is -0.653. The Kier molecular flexibility index (Phi) is 6.84. The van der Waals surface area contributed by atoms with Crippen molar-refractivity contribution in [2.24, 2.45) is 0 Å². The van der Waals surface area contributed by atoms with Gasteiger partial charge in [-0.1, -0.05) is 31.2 Å². The van der Waals surface area contributed by atoms with Crippen LogP contribution in [-0.2, 0) is 11.2 Å². The molecule has 2 aromatic carbocycles. The van der Waals surface area contributed by atoms with E-state index in [9.17, 15) is 22.8 Å². The lowest BCUT2D eigenvalue weighted by Gasteiger charge is -2.18. The number of pyridine rings is 1. The summed E-state index contributed by atoms with van der Waals surface area (Å²) < 4.78 is 42.0. The van der Waals surface area contributed by atoms with E-state index in [1.807, 2.05) is 0 Å². The topological polar surface area (TPSA) is 50.3 Å². The minimum absolute atomic E-state index is 0.109. The molecule has 160 valence electrons. The number of anilines is 1. The first-order valence-electron chi connectivity index (χ1n) is 9.79. The molecular formula is C24H21F3N2O2. The van der Waals surface area contributed by atoms with Crippen molar-refractivity contribution in [2.75, 3.05) is 11.9 Å². The van der Waals surface area contributed by atoms with E-state index in [2.05, 4.69) is 4.98 Å². The van der Waals surface area contributed by atoms with Crippen LogP contribution in [0, 0.1) is 17.6 Å². The number of aromatic nitrogens is 1. The molecule has 3 rings (SSSR count). The highest BCUT2D eigenvalue weighted by atomic mass is 19.1. The van der Waals surface area contributed by atoms with Crippen LogP contribution in [0.3, 0.4) is 0 Å². The number of aryl methyl sites for hydroxylation is 1. The van der Waals surface area contributed by atoms with Gasteiger partial charge in [-0.05, 0) is 41.8 Å². The van der Waals surface area contributed by atoms with E-state index >= 15 is 0 Å². The fraction of sp³-hybridized carbons (Fsp3) is 0.208. The van der Waals surface area contributed by atoms with Crippen molar-refractivity contribution in [1.82, 2.24) is 4.98 Å². The number of nitrogens with zero attached hydrogens (tertiary/aromatic N) is 2. The fourth-order valence-corrected chi connectivity index (χ4v) is 3.20. The van der Waals surface area contributed by atoms with Gasteiger partial charge >= 0.3 is 0 Å². The second-order valence-electron chi connectivity index (χ2n) is 7.08. The van der Waals surface area contributed by atoms with Gasteiger partial charge in [-0.3, -0.25) is 9.59 Å². The molecule has 3 aromatic rings. The van der Waals surface area contributed by atoms with Gasteiger partial charge in [0.2, 0.25) is 11.9 Å². The molecule has 31 heavy (non-hydrogen) atoms. The lowest BCUT2D eigenvalue weighted by molar-refractivity contribution is -0.118. The molecule has 0 N–H and O–H groups in total. The highest BCUT2D eigenvalue weighted by Gasteiger charge is 2.16. The minimum Gasteiger partial charge on any atom is -0.313 e. The highest BCUT2D eigenvalue weighted by Crippen LogP contribution is 2.29. The zero-order valence-electron chi connectivity index (χ0n) is 17.2. The molecule has 0 radical (unpaired) electrons. The van der Waals surface area contributed by atoms with Crippen LogP contribution in [0.5, 0.6) is 0 Å². The van der Waals surface area contributed by atoms with E-state index in [-0.39, 0.29) is 41.3 Å². The zero-order chi connectivity index (χ0) is 22.5. The van der Waals surface area contributed by atoms with E-state index in [1.165, 1.54) is 48.5 Å². The van der Waals surface area contributed by atoms with E-state index in [1.54, 1.807) is 13.0 Å². The number of rotatable bonds is 7. The highest BCUT2D eigenvalue weighted by molar-refractivity contribution is 5.97. The first kappa shape index (κ1) is 22.2. The number of hydrogen-bond acceptors (Lipinski definition) is 3. The molecule has 4 nitrogen and oxygen atoms in total. The third-order valence-corrected chi connectivity index (χ3v) is 5.02. The first-order valence-corrected chi connectivity index (χ1v) is 9.79. The molecule has 0 spiro atoms. The Morgan fingerprint density at radius 1 is 0.968 bits per heavy atom. The Labute approximate surface area is 178 Å². The van der Waals surface area contributed by atoms with Gasteiger partial charge < -0.3 is 4.90 Å². The number of amides is 1. The molecule has 0 unspecified atom stereocenters. The van der Waals surface area contributed by atoms with Gasteiger partial charge in [-0.25, -0.2) is 13.8 Å². The fourth-order valence-electron chi connectivity index (χ4n) is 3.20. The van der Waals surface area contributed by atoms with Crippen LogP contribution < -0.4 is 4.90 Å². The predicted octanol–water partition coefficient (Wildman–Crippen LogP) is 5.35. The lowest BCUT2D eigenvalue weighted by Crippen LogP contribution is -2.25. The van der Waals surface area contributed by atoms with Gasteiger partial charge in [0.25, 0.3) is 0 Å². The summed E-state index contributed by atoms with van der Waals surface area (Å²) in [4.78, 5) is 28.9. The number of carbonyl (C=O) groups is 2. The summed E-state index contributed by atoms with van der Waals surface area (Å²) in [7, 11) is 1.48. The summed E-state index contributed by atoms with van der Waals surface area (Å²) in [5.41, 5.74) is 1.45. The maximum Gasteiger partial charge on any atom is 0.226 e. The van der Waals surface area contributed by atoms with Gasteiger partial charge in [-0.2, -0.15) is 4.39 Å². The number of carbonyl (C=O) groups excluding carboxylic acids is 2. The van der Waals surface area contributed by atoms with E-state index in [0.29, 0.717) is 17.5 Å². The van der Waals surface area contributed by atoms with Crippen molar-refractivity contribution >= 4 is 17.4 Å². The Hall–Kier alpha value is -3.48. The average molecular weight is 426 g/mol. The largest absolute Gasteiger partial charge is 0.313 e. The number of halogens is 3. The van der Waals surface area contributed by atoms with Crippen molar-refractivity contribution in [1.29, 1.82) is 0 Å². The van der Waals surface area contributed by atoms with Crippen molar-refractivity contribution < 1.29 is 22.8 Å². The van der Waals surface area contributed by atoms with Crippen molar-refractivity contribution in [3.05, 3.63) is 83.4 Å². The summed E-state index contributed by atoms with van der Waals surface area (Å²) in [5.74, 6) is -2.40. The van der Waals surface area contributed by atoms with Crippen LogP contribution in [0.2, 0.25) is 0 Å². The molecule has 0 saturated heterocycles. The average Bonchev–Trinajstić information content (AvgIpc) is 2.77. The standard InChI is InChI=1S/C24H21F3N2O2/c1-3-24(31)29(2)21-9-7-16(12-20(21)26)18-8-6-17(13-19(18)25)22(30)10-4-15-5-11-23(27)28-14-15/h5-9,11-14H,3-4,10H2,1-2H3. The maximum atomic E-state index is 14.7. The van der Waals surface area contributed by atoms with Crippen molar-refractivity contribution in [3.63, 3.8) is 0 Å². The number of benzene rings is 2. The summed E-state index contributed by atoms with van der Waals surface area (Å²) >= 11 is 0. The molecule has 0 aliphatic heterocycles. The SMILES string of the molecule is CCC(=O)N(C)c1ccc(-c2ccc(C(=O)CCc3ccc(F)nc3)cc2F)cc1F. The second kappa shape index (κ2) is 9.55. The second-order valence-corrected chi connectivity index (χ2v) is 7.08. The van der Waals surface area contributed by atoms with Gasteiger partial charge in [0, 0.05) is 37.2 Å². The zero-order valence-corrected chi connectivity index (χ0v) is 17.2. The number of hydrogen-bond donors (Lipinski definition) is 0. The van der Waals surface area contributed by atoms with Gasteiger partial charge in [0.05, 0.1) is 5.69 Å². The molecule has 0 fully saturated rings. The summed E-state index contributed by atoms with van der Waals surface area (Å²) in [6.07, 6.45) is 2.06. The van der Waals surface area contributed by atoms with Crippen LogP contribution >= 0.6 is 0 Å². The molecule has 0 saturated carbocycles. The van der Waals surface area contributed by atoms with E-state index < -0.39 is 17.6 Å². The molecule has 0 aliphatic carbocycles. The van der Waals surface area contributed by atoms with Crippen LogP contribution in [0.4, 0.5) is 18.9 Å². The number of Topliss-reactive ketones (excluding diaryl/α,β-unsaturated/α-hetero) is 1. The summed E-state index contributed by atoms with van der Waals surface area (Å²) in [5, 5.41) is 0. The smallest absolute Gasteiger partial charge is 0.226 e. The molecule has 7 heteroatoms. The lowest BCUT2D eigenvalue weighted by atomic mass is 9.99. The third-order valence-electron chi connectivity index (χ3n) is 5.02. The molecular weight excluding hydrogens is 405 g/mol. The van der Waals surface area contributed by atoms with Crippen LogP contribution in [0.25, 0.3) is 11.1 Å². The van der Waals surface area contributed by atoms with Gasteiger partial charge in [0.15, 0.2) is 5.78 Å². The summed E-state index contributed by atoms with van der Waals surface area (Å²) in [6.45, 7) is 1.68. The number of ketones is 1. The Bertz CT molecular complexity index is 1110. The van der Waals surface area contributed by atoms with E-state index in [0.717, 1.165) is 12.1 Å². The molecule has 1 amide bonds. The molecule has 1 heterocycles. The van der Waals surface area contributed by atoms with Crippen LogP contribution in [0.1, 0.15) is 35.7 Å². The molecule has 0 bridgehead atoms. The first-order chi connectivity index (χ1) is 14.8. The third kappa shape index (κ3) is 5.17. The van der Waals surface area contributed by atoms with Gasteiger partial charge in [0.1, 0.15) is 11.6 Å². The molecule has 0 aliphatic rings. The van der Waals surface area contributed by atoms with Crippen molar-refractivity contribution in [3.8, 4) is 11.1 Å². The normalized spacial score (nSPS) is 10.7. The van der Waals surface area contributed by atoms with Crippen LogP contribution in [0.15, 0.2) is 54.7 Å². The van der Waals surface area contributed by atoms with Crippen LogP contribution in [-0.4, -0.2) is 23.7 Å². The Morgan fingerprint density at radius 3 is 2.35 bits per heavy atom. The van der Waals surface area contributed by atoms with Crippen molar-refractivity contribution in [2.45, 2.75) is 26.2 Å². The molecule has 0 atom stereocenters.